The van der Waals surface area contributed by atoms with Crippen molar-refractivity contribution in [3.05, 3.63) is 60.4 Å². The minimum Gasteiger partial charge on any atom is -0.336 e. The van der Waals surface area contributed by atoms with Crippen LogP contribution in [0.4, 0.5) is 5.69 Å². The summed E-state index contributed by atoms with van der Waals surface area (Å²) in [5.74, 6) is 6.33. The van der Waals surface area contributed by atoms with Crippen LogP contribution in [0.3, 0.4) is 0 Å². The van der Waals surface area contributed by atoms with Gasteiger partial charge in [-0.2, -0.15) is 0 Å². The number of anilines is 1. The number of carbonyl (C=O) groups is 1. The van der Waals surface area contributed by atoms with E-state index in [4.69, 9.17) is 5.84 Å². The highest BCUT2D eigenvalue weighted by atomic mass is 32.2. The molecule has 128 valence electrons. The van der Waals surface area contributed by atoms with Gasteiger partial charge in [-0.15, -0.1) is 10.2 Å². The lowest BCUT2D eigenvalue weighted by atomic mass is 10.0. The largest absolute Gasteiger partial charge is 0.336 e. The van der Waals surface area contributed by atoms with Crippen LogP contribution in [0.2, 0.25) is 0 Å². The molecule has 3 N–H and O–H groups in total. The number of aryl methyl sites for hydroxylation is 1. The number of aromatic nitrogens is 3. The SMILES string of the molecule is Cc1nnc(S[C@H](C)C(=O)Nc2ccccc2-c2ccccc2)n1N. The molecule has 1 atom stereocenters. The highest BCUT2D eigenvalue weighted by molar-refractivity contribution is 8.00. The van der Waals surface area contributed by atoms with E-state index in [0.29, 0.717) is 11.0 Å². The number of nitrogens with zero attached hydrogens (tertiary/aromatic N) is 3. The molecule has 0 aliphatic carbocycles. The third-order valence-corrected chi connectivity index (χ3v) is 4.81. The van der Waals surface area contributed by atoms with Gasteiger partial charge >= 0.3 is 0 Å². The Balaban J connectivity index is 1.76. The van der Waals surface area contributed by atoms with Crippen molar-refractivity contribution >= 4 is 23.4 Å². The maximum absolute atomic E-state index is 12.6. The van der Waals surface area contributed by atoms with Crippen molar-refractivity contribution in [1.82, 2.24) is 14.9 Å². The summed E-state index contributed by atoms with van der Waals surface area (Å²) in [6, 6.07) is 17.7. The van der Waals surface area contributed by atoms with Crippen LogP contribution < -0.4 is 11.2 Å². The average molecular weight is 353 g/mol. The first-order valence-corrected chi connectivity index (χ1v) is 8.73. The normalized spacial score (nSPS) is 11.9. The Bertz CT molecular complexity index is 878. The molecule has 0 saturated carbocycles. The number of nitrogens with one attached hydrogen (secondary N) is 1. The smallest absolute Gasteiger partial charge is 0.237 e. The fraction of sp³-hybridized carbons (Fsp3) is 0.167. The average Bonchev–Trinajstić information content (AvgIpc) is 2.95. The molecule has 0 fully saturated rings. The Morgan fingerprint density at radius 1 is 1.12 bits per heavy atom. The lowest BCUT2D eigenvalue weighted by Crippen LogP contribution is -2.24. The first-order chi connectivity index (χ1) is 12.1. The molecule has 0 aliphatic heterocycles. The number of hydrogen-bond acceptors (Lipinski definition) is 5. The number of thioether (sulfide) groups is 1. The zero-order valence-corrected chi connectivity index (χ0v) is 14.8. The van der Waals surface area contributed by atoms with Crippen molar-refractivity contribution in [3.8, 4) is 11.1 Å². The Morgan fingerprint density at radius 2 is 1.80 bits per heavy atom. The Labute approximate surface area is 150 Å². The molecule has 1 heterocycles. The third-order valence-electron chi connectivity index (χ3n) is 3.76. The van der Waals surface area contributed by atoms with Gasteiger partial charge in [0.1, 0.15) is 5.82 Å². The molecule has 3 aromatic rings. The van der Waals surface area contributed by atoms with Gasteiger partial charge in [0, 0.05) is 11.3 Å². The van der Waals surface area contributed by atoms with Gasteiger partial charge in [0.2, 0.25) is 11.1 Å². The Hall–Kier alpha value is -2.80. The summed E-state index contributed by atoms with van der Waals surface area (Å²) in [7, 11) is 0. The standard InChI is InChI=1S/C18H19N5OS/c1-12(25-18-22-21-13(2)23(18)19)17(24)20-16-11-7-6-10-15(16)14-8-4-3-5-9-14/h3-12H,19H2,1-2H3,(H,20,24)/t12-/m1/s1. The van der Waals surface area contributed by atoms with E-state index in [2.05, 4.69) is 15.5 Å². The molecule has 0 radical (unpaired) electrons. The molecule has 0 spiro atoms. The van der Waals surface area contributed by atoms with Crippen LogP contribution in [0.25, 0.3) is 11.1 Å². The molecule has 1 aromatic heterocycles. The second kappa shape index (κ2) is 7.40. The fourth-order valence-electron chi connectivity index (χ4n) is 2.34. The monoisotopic (exact) mass is 353 g/mol. The second-order valence-corrected chi connectivity index (χ2v) is 6.87. The van der Waals surface area contributed by atoms with Gasteiger partial charge in [0.15, 0.2) is 0 Å². The highest BCUT2D eigenvalue weighted by Gasteiger charge is 2.19. The van der Waals surface area contributed by atoms with E-state index in [1.165, 1.54) is 16.4 Å². The van der Waals surface area contributed by atoms with Crippen LogP contribution in [-0.2, 0) is 4.79 Å². The van der Waals surface area contributed by atoms with Crippen molar-refractivity contribution in [1.29, 1.82) is 0 Å². The number of nitrogen functional groups attached to an aromatic ring is 1. The van der Waals surface area contributed by atoms with Crippen molar-refractivity contribution < 1.29 is 4.79 Å². The first kappa shape index (κ1) is 17.0. The van der Waals surface area contributed by atoms with Crippen LogP contribution in [0, 0.1) is 6.92 Å². The number of rotatable bonds is 5. The minimum absolute atomic E-state index is 0.117. The predicted molar refractivity (Wildman–Crippen MR) is 101 cm³/mol. The van der Waals surface area contributed by atoms with Gasteiger partial charge in [0.25, 0.3) is 0 Å². The first-order valence-electron chi connectivity index (χ1n) is 7.85. The summed E-state index contributed by atoms with van der Waals surface area (Å²) in [6.07, 6.45) is 0. The molecule has 0 unspecified atom stereocenters. The quantitative estimate of drug-likeness (QED) is 0.544. The van der Waals surface area contributed by atoms with Crippen molar-refractivity contribution in [2.24, 2.45) is 0 Å². The van der Waals surface area contributed by atoms with E-state index in [-0.39, 0.29) is 11.2 Å². The molecule has 1 amide bonds. The minimum atomic E-state index is -0.366. The van der Waals surface area contributed by atoms with E-state index in [1.54, 1.807) is 6.92 Å². The summed E-state index contributed by atoms with van der Waals surface area (Å²) in [4.78, 5) is 12.6. The van der Waals surface area contributed by atoms with Crippen molar-refractivity contribution in [3.63, 3.8) is 0 Å². The molecule has 6 nitrogen and oxygen atoms in total. The molecule has 3 rings (SSSR count). The van der Waals surface area contributed by atoms with Crippen LogP contribution in [0.15, 0.2) is 59.8 Å². The van der Waals surface area contributed by atoms with Crippen molar-refractivity contribution in [2.75, 3.05) is 11.2 Å². The highest BCUT2D eigenvalue weighted by Crippen LogP contribution is 2.29. The van der Waals surface area contributed by atoms with E-state index < -0.39 is 0 Å². The van der Waals surface area contributed by atoms with Crippen molar-refractivity contribution in [2.45, 2.75) is 24.3 Å². The summed E-state index contributed by atoms with van der Waals surface area (Å²) < 4.78 is 1.38. The number of hydrogen-bond donors (Lipinski definition) is 2. The topological polar surface area (TPSA) is 85.8 Å². The molecule has 7 heteroatoms. The molecular formula is C18H19N5OS. The maximum Gasteiger partial charge on any atom is 0.237 e. The molecule has 2 aromatic carbocycles. The molecule has 0 aliphatic rings. The molecule has 25 heavy (non-hydrogen) atoms. The van der Waals surface area contributed by atoms with Crippen LogP contribution in [0.5, 0.6) is 0 Å². The van der Waals surface area contributed by atoms with Crippen LogP contribution in [-0.4, -0.2) is 26.0 Å². The molecule has 0 bridgehead atoms. The van der Waals surface area contributed by atoms with E-state index in [1.807, 2.05) is 61.5 Å². The van der Waals surface area contributed by atoms with Crippen LogP contribution >= 0.6 is 11.8 Å². The summed E-state index contributed by atoms with van der Waals surface area (Å²) in [5.41, 5.74) is 2.80. The fourth-order valence-corrected chi connectivity index (χ4v) is 3.15. The summed E-state index contributed by atoms with van der Waals surface area (Å²) >= 11 is 1.27. The zero-order valence-electron chi connectivity index (χ0n) is 14.0. The summed E-state index contributed by atoms with van der Waals surface area (Å²) in [5, 5.41) is 11.0. The predicted octanol–water partition coefficient (Wildman–Crippen LogP) is 3.09. The second-order valence-electron chi connectivity index (χ2n) is 5.56. The zero-order chi connectivity index (χ0) is 17.8. The van der Waals surface area contributed by atoms with E-state index in [0.717, 1.165) is 16.8 Å². The number of carbonyl (C=O) groups excluding carboxylic acids is 1. The van der Waals surface area contributed by atoms with E-state index in [9.17, 15) is 4.79 Å². The van der Waals surface area contributed by atoms with Gasteiger partial charge in [-0.05, 0) is 25.5 Å². The van der Waals surface area contributed by atoms with Gasteiger partial charge in [0.05, 0.1) is 5.25 Å². The van der Waals surface area contributed by atoms with Gasteiger partial charge in [-0.1, -0.05) is 60.3 Å². The van der Waals surface area contributed by atoms with E-state index >= 15 is 0 Å². The lowest BCUT2D eigenvalue weighted by Gasteiger charge is -2.14. The number of para-hydroxylation sites is 1. The molecule has 0 saturated heterocycles. The Kier molecular flexibility index (Phi) is 5.04. The van der Waals surface area contributed by atoms with Crippen LogP contribution in [0.1, 0.15) is 12.7 Å². The van der Waals surface area contributed by atoms with Gasteiger partial charge in [-0.25, -0.2) is 4.68 Å². The Morgan fingerprint density at radius 3 is 2.48 bits per heavy atom. The number of nitrogens with two attached hydrogens (primary N) is 1. The molecular weight excluding hydrogens is 334 g/mol. The van der Waals surface area contributed by atoms with Gasteiger partial charge < -0.3 is 11.2 Å². The maximum atomic E-state index is 12.6. The number of amides is 1. The summed E-state index contributed by atoms with van der Waals surface area (Å²) in [6.45, 7) is 3.58. The number of benzene rings is 2. The lowest BCUT2D eigenvalue weighted by molar-refractivity contribution is -0.115. The van der Waals surface area contributed by atoms with Gasteiger partial charge in [-0.3, -0.25) is 4.79 Å². The third kappa shape index (κ3) is 3.83.